The van der Waals surface area contributed by atoms with Crippen molar-refractivity contribution >= 4 is 11.9 Å². The standard InChI is InChI=1S/C16H20FNO3/c1-9(2)18-14(19)7-6-13(16(20)21)15(18)12-5-4-11(17)8-10(12)3/h4-5,8-9,13,15H,6-7H2,1-3H3,(H,20,21). The first-order valence-electron chi connectivity index (χ1n) is 7.13. The molecule has 4 nitrogen and oxygen atoms in total. The summed E-state index contributed by atoms with van der Waals surface area (Å²) >= 11 is 0. The molecule has 1 N–H and O–H groups in total. The van der Waals surface area contributed by atoms with E-state index in [1.54, 1.807) is 17.9 Å². The van der Waals surface area contributed by atoms with Gasteiger partial charge in [-0.1, -0.05) is 6.07 Å². The Bertz CT molecular complexity index is 571. The van der Waals surface area contributed by atoms with Gasteiger partial charge in [-0.2, -0.15) is 0 Å². The third kappa shape index (κ3) is 2.91. The van der Waals surface area contributed by atoms with E-state index in [1.165, 1.54) is 12.1 Å². The predicted octanol–water partition coefficient (Wildman–Crippen LogP) is 2.91. The first-order chi connectivity index (χ1) is 9.82. The zero-order valence-corrected chi connectivity index (χ0v) is 12.5. The van der Waals surface area contributed by atoms with Gasteiger partial charge in [0.15, 0.2) is 0 Å². The fraction of sp³-hybridized carbons (Fsp3) is 0.500. The quantitative estimate of drug-likeness (QED) is 0.932. The van der Waals surface area contributed by atoms with Crippen molar-refractivity contribution < 1.29 is 19.1 Å². The largest absolute Gasteiger partial charge is 0.481 e. The summed E-state index contributed by atoms with van der Waals surface area (Å²) in [6, 6.07) is 3.66. The molecule has 1 saturated heterocycles. The molecule has 1 amide bonds. The topological polar surface area (TPSA) is 57.6 Å². The lowest BCUT2D eigenvalue weighted by Crippen LogP contribution is -2.48. The van der Waals surface area contributed by atoms with E-state index < -0.39 is 17.9 Å². The van der Waals surface area contributed by atoms with Crippen LogP contribution in [0.5, 0.6) is 0 Å². The summed E-state index contributed by atoms with van der Waals surface area (Å²) in [6.45, 7) is 5.48. The fourth-order valence-electron chi connectivity index (χ4n) is 3.12. The minimum atomic E-state index is -0.915. The van der Waals surface area contributed by atoms with Gasteiger partial charge in [0.1, 0.15) is 5.82 Å². The molecule has 0 radical (unpaired) electrons. The molecule has 0 bridgehead atoms. The number of carboxylic acid groups (broad SMARTS) is 1. The van der Waals surface area contributed by atoms with Gasteiger partial charge in [-0.3, -0.25) is 9.59 Å². The molecule has 1 heterocycles. The number of carbonyl (C=O) groups excluding carboxylic acids is 1. The lowest BCUT2D eigenvalue weighted by Gasteiger charge is -2.42. The molecular formula is C16H20FNO3. The van der Waals surface area contributed by atoms with Gasteiger partial charge < -0.3 is 10.0 Å². The predicted molar refractivity (Wildman–Crippen MR) is 76.2 cm³/mol. The molecule has 2 rings (SSSR count). The van der Waals surface area contributed by atoms with Crippen LogP contribution < -0.4 is 0 Å². The van der Waals surface area contributed by atoms with Gasteiger partial charge in [-0.25, -0.2) is 4.39 Å². The average molecular weight is 293 g/mol. The van der Waals surface area contributed by atoms with Crippen LogP contribution in [-0.2, 0) is 9.59 Å². The highest BCUT2D eigenvalue weighted by atomic mass is 19.1. The first kappa shape index (κ1) is 15.5. The maximum atomic E-state index is 13.3. The van der Waals surface area contributed by atoms with E-state index >= 15 is 0 Å². The molecule has 21 heavy (non-hydrogen) atoms. The maximum absolute atomic E-state index is 13.3. The van der Waals surface area contributed by atoms with Crippen LogP contribution in [0.15, 0.2) is 18.2 Å². The highest BCUT2D eigenvalue weighted by molar-refractivity contribution is 5.82. The van der Waals surface area contributed by atoms with Crippen LogP contribution in [0.25, 0.3) is 0 Å². The Kier molecular flexibility index (Phi) is 4.30. The number of carbonyl (C=O) groups is 2. The Morgan fingerprint density at radius 1 is 1.43 bits per heavy atom. The summed E-state index contributed by atoms with van der Waals surface area (Å²) in [5, 5.41) is 9.49. The second-order valence-electron chi connectivity index (χ2n) is 5.82. The fourth-order valence-corrected chi connectivity index (χ4v) is 3.12. The number of piperidine rings is 1. The molecule has 1 aliphatic heterocycles. The van der Waals surface area contributed by atoms with Gasteiger partial charge in [-0.05, 0) is 50.5 Å². The van der Waals surface area contributed by atoms with Crippen molar-refractivity contribution in [1.29, 1.82) is 0 Å². The summed E-state index contributed by atoms with van der Waals surface area (Å²) in [6.07, 6.45) is 0.560. The highest BCUT2D eigenvalue weighted by Crippen LogP contribution is 2.39. The van der Waals surface area contributed by atoms with E-state index in [1.807, 2.05) is 13.8 Å². The SMILES string of the molecule is Cc1cc(F)ccc1C1C(C(=O)O)CCC(=O)N1C(C)C. The van der Waals surface area contributed by atoms with Crippen molar-refractivity contribution in [3.8, 4) is 0 Å². The van der Waals surface area contributed by atoms with Gasteiger partial charge in [0.25, 0.3) is 0 Å². The third-order valence-corrected chi connectivity index (χ3v) is 4.06. The summed E-state index contributed by atoms with van der Waals surface area (Å²) in [5.74, 6) is -1.98. The van der Waals surface area contributed by atoms with E-state index in [0.717, 1.165) is 0 Å². The molecule has 0 aliphatic carbocycles. The Morgan fingerprint density at radius 2 is 2.10 bits per heavy atom. The number of likely N-dealkylation sites (tertiary alicyclic amines) is 1. The van der Waals surface area contributed by atoms with Gasteiger partial charge >= 0.3 is 5.97 Å². The van der Waals surface area contributed by atoms with Crippen molar-refractivity contribution in [2.45, 2.75) is 45.7 Å². The van der Waals surface area contributed by atoms with Crippen LogP contribution in [-0.4, -0.2) is 27.9 Å². The van der Waals surface area contributed by atoms with Crippen LogP contribution in [0.2, 0.25) is 0 Å². The van der Waals surface area contributed by atoms with Crippen molar-refractivity contribution in [1.82, 2.24) is 4.90 Å². The lowest BCUT2D eigenvalue weighted by molar-refractivity contribution is -0.153. The molecule has 5 heteroatoms. The highest BCUT2D eigenvalue weighted by Gasteiger charge is 2.42. The van der Waals surface area contributed by atoms with Crippen LogP contribution in [0.4, 0.5) is 4.39 Å². The average Bonchev–Trinajstić information content (AvgIpc) is 2.37. The van der Waals surface area contributed by atoms with E-state index in [0.29, 0.717) is 17.5 Å². The lowest BCUT2D eigenvalue weighted by atomic mass is 9.82. The maximum Gasteiger partial charge on any atom is 0.308 e. The Hall–Kier alpha value is -1.91. The van der Waals surface area contributed by atoms with Crippen molar-refractivity contribution in [3.63, 3.8) is 0 Å². The molecule has 114 valence electrons. The Balaban J connectivity index is 2.54. The van der Waals surface area contributed by atoms with Gasteiger partial charge in [0, 0.05) is 12.5 Å². The number of hydrogen-bond acceptors (Lipinski definition) is 2. The van der Waals surface area contributed by atoms with Crippen molar-refractivity contribution in [3.05, 3.63) is 35.1 Å². The van der Waals surface area contributed by atoms with Crippen molar-refractivity contribution in [2.24, 2.45) is 5.92 Å². The number of rotatable bonds is 3. The molecule has 0 aromatic heterocycles. The second kappa shape index (κ2) is 5.84. The molecule has 1 aromatic rings. The molecule has 0 spiro atoms. The normalized spacial score (nSPS) is 22.7. The third-order valence-electron chi connectivity index (χ3n) is 4.06. The number of amides is 1. The Labute approximate surface area is 123 Å². The number of halogens is 1. The summed E-state index contributed by atoms with van der Waals surface area (Å²) in [5.41, 5.74) is 1.39. The number of aliphatic carboxylic acids is 1. The van der Waals surface area contributed by atoms with Crippen LogP contribution in [0, 0.1) is 18.7 Å². The monoisotopic (exact) mass is 293 g/mol. The number of aryl methyl sites for hydroxylation is 1. The van der Waals surface area contributed by atoms with E-state index in [9.17, 15) is 19.1 Å². The molecule has 2 atom stereocenters. The zero-order chi connectivity index (χ0) is 15.7. The van der Waals surface area contributed by atoms with Gasteiger partial charge in [-0.15, -0.1) is 0 Å². The van der Waals surface area contributed by atoms with Crippen LogP contribution >= 0.6 is 0 Å². The summed E-state index contributed by atoms with van der Waals surface area (Å²) in [7, 11) is 0. The zero-order valence-electron chi connectivity index (χ0n) is 12.5. The van der Waals surface area contributed by atoms with Gasteiger partial charge in [0.05, 0.1) is 12.0 Å². The van der Waals surface area contributed by atoms with Gasteiger partial charge in [0.2, 0.25) is 5.91 Å². The minimum absolute atomic E-state index is 0.0452. The molecule has 1 aromatic carbocycles. The van der Waals surface area contributed by atoms with Crippen molar-refractivity contribution in [2.75, 3.05) is 0 Å². The first-order valence-corrected chi connectivity index (χ1v) is 7.13. The van der Waals surface area contributed by atoms with E-state index in [4.69, 9.17) is 0 Å². The Morgan fingerprint density at radius 3 is 2.62 bits per heavy atom. The number of nitrogens with zero attached hydrogens (tertiary/aromatic N) is 1. The molecular weight excluding hydrogens is 273 g/mol. The second-order valence-corrected chi connectivity index (χ2v) is 5.82. The van der Waals surface area contributed by atoms with Crippen LogP contribution in [0.3, 0.4) is 0 Å². The molecule has 1 fully saturated rings. The summed E-state index contributed by atoms with van der Waals surface area (Å²) < 4.78 is 13.3. The smallest absolute Gasteiger partial charge is 0.308 e. The molecule has 0 saturated carbocycles. The summed E-state index contributed by atoms with van der Waals surface area (Å²) in [4.78, 5) is 25.4. The van der Waals surface area contributed by atoms with E-state index in [2.05, 4.69) is 0 Å². The number of carboxylic acids is 1. The molecule has 2 unspecified atom stereocenters. The van der Waals surface area contributed by atoms with E-state index in [-0.39, 0.29) is 24.2 Å². The van der Waals surface area contributed by atoms with Crippen LogP contribution in [0.1, 0.15) is 43.9 Å². The molecule has 1 aliphatic rings. The number of hydrogen-bond donors (Lipinski definition) is 1. The minimum Gasteiger partial charge on any atom is -0.481 e. The number of benzene rings is 1.